The molecule has 1 aliphatic heterocycles. The fourth-order valence-corrected chi connectivity index (χ4v) is 5.31. The van der Waals surface area contributed by atoms with Crippen molar-refractivity contribution >= 4 is 17.3 Å². The number of anilines is 1. The van der Waals surface area contributed by atoms with Crippen molar-refractivity contribution in [2.24, 2.45) is 4.99 Å². The van der Waals surface area contributed by atoms with Crippen LogP contribution < -0.4 is 16.0 Å². The van der Waals surface area contributed by atoms with Gasteiger partial charge in [0.25, 0.3) is 0 Å². The number of amides is 1. The Hall–Kier alpha value is -4.74. The van der Waals surface area contributed by atoms with E-state index in [1.54, 1.807) is 0 Å². The summed E-state index contributed by atoms with van der Waals surface area (Å²) in [6.45, 7) is 5.69. The molecule has 0 aromatic heterocycles. The number of nitrogens with zero attached hydrogens (tertiary/aromatic N) is 1. The van der Waals surface area contributed by atoms with E-state index in [0.29, 0.717) is 6.54 Å². The lowest BCUT2D eigenvalue weighted by Crippen LogP contribution is -2.22. The van der Waals surface area contributed by atoms with Crippen molar-refractivity contribution in [3.05, 3.63) is 160 Å². The van der Waals surface area contributed by atoms with Gasteiger partial charge in [-0.25, -0.2) is 0 Å². The fraction of sp³-hybridized carbons (Fsp3) is 0.189. The summed E-state index contributed by atoms with van der Waals surface area (Å²) >= 11 is 0. The molecule has 0 saturated heterocycles. The van der Waals surface area contributed by atoms with Crippen LogP contribution in [0.4, 0.5) is 5.69 Å². The van der Waals surface area contributed by atoms with Gasteiger partial charge >= 0.3 is 0 Å². The molecule has 0 saturated carbocycles. The third-order valence-electron chi connectivity index (χ3n) is 7.52. The third-order valence-corrected chi connectivity index (χ3v) is 7.52. The van der Waals surface area contributed by atoms with E-state index in [-0.39, 0.29) is 5.91 Å². The lowest BCUT2D eigenvalue weighted by Gasteiger charge is -2.21. The number of carbonyl (C=O) groups is 1. The Morgan fingerprint density at radius 3 is 2.19 bits per heavy atom. The van der Waals surface area contributed by atoms with Gasteiger partial charge in [-0.15, -0.1) is 0 Å². The largest absolute Gasteiger partial charge is 0.384 e. The summed E-state index contributed by atoms with van der Waals surface area (Å²) in [7, 11) is 1.96. The van der Waals surface area contributed by atoms with Crippen LogP contribution in [0.25, 0.3) is 0 Å². The van der Waals surface area contributed by atoms with Gasteiger partial charge in [0.05, 0.1) is 11.6 Å². The Morgan fingerprint density at radius 2 is 1.52 bits per heavy atom. The minimum Gasteiger partial charge on any atom is -0.384 e. The predicted octanol–water partition coefficient (Wildman–Crippen LogP) is 7.13. The number of hydrogen-bond donors (Lipinski definition) is 3. The van der Waals surface area contributed by atoms with E-state index in [4.69, 9.17) is 4.99 Å². The van der Waals surface area contributed by atoms with E-state index in [9.17, 15) is 4.79 Å². The Labute approximate surface area is 249 Å². The third kappa shape index (κ3) is 7.12. The number of aliphatic imine (C=N–C) groups is 1. The van der Waals surface area contributed by atoms with Gasteiger partial charge < -0.3 is 16.0 Å². The van der Waals surface area contributed by atoms with Gasteiger partial charge in [-0.05, 0) is 66.9 Å². The van der Waals surface area contributed by atoms with Gasteiger partial charge in [0, 0.05) is 42.2 Å². The van der Waals surface area contributed by atoms with Crippen LogP contribution >= 0.6 is 0 Å². The standard InChI is InChI=1S/C37H38N4O/c1-26-13-10-11-20-33(26)35-23-32(22-34(41-35)27(2)24-38-3)39-25-28-14-12-19-31(21-28)40-37(42)36(29-15-6-4-7-16-29)30-17-8-5-9-18-30/h4-21,23,36,38-39H,22,24-25H2,1-3H3,(H,40,42)/b34-27+. The summed E-state index contributed by atoms with van der Waals surface area (Å²) in [5.41, 5.74) is 10.5. The number of rotatable bonds is 10. The molecule has 0 bridgehead atoms. The molecule has 0 fully saturated rings. The summed E-state index contributed by atoms with van der Waals surface area (Å²) in [5, 5.41) is 10.1. The van der Waals surface area contributed by atoms with Crippen LogP contribution in [0, 0.1) is 6.92 Å². The highest BCUT2D eigenvalue weighted by Crippen LogP contribution is 2.27. The summed E-state index contributed by atoms with van der Waals surface area (Å²) in [5.74, 6) is -0.451. The van der Waals surface area contributed by atoms with Crippen LogP contribution in [0.3, 0.4) is 0 Å². The van der Waals surface area contributed by atoms with E-state index >= 15 is 0 Å². The normalized spacial score (nSPS) is 14.2. The van der Waals surface area contributed by atoms with Gasteiger partial charge in [-0.3, -0.25) is 9.79 Å². The van der Waals surface area contributed by atoms with Crippen LogP contribution in [-0.2, 0) is 11.3 Å². The molecule has 0 atom stereocenters. The van der Waals surface area contributed by atoms with E-state index in [1.807, 2.05) is 85.9 Å². The van der Waals surface area contributed by atoms with Crippen molar-refractivity contribution in [1.29, 1.82) is 0 Å². The predicted molar refractivity (Wildman–Crippen MR) is 174 cm³/mol. The van der Waals surface area contributed by atoms with Gasteiger partial charge in [-0.2, -0.15) is 0 Å². The maximum atomic E-state index is 13.6. The minimum absolute atomic E-state index is 0.0543. The number of benzene rings is 4. The number of allylic oxidation sites excluding steroid dienone is 1. The first-order valence-corrected chi connectivity index (χ1v) is 14.4. The molecule has 212 valence electrons. The molecule has 0 radical (unpaired) electrons. The Morgan fingerprint density at radius 1 is 0.857 bits per heavy atom. The lowest BCUT2D eigenvalue weighted by atomic mass is 9.90. The quantitative estimate of drug-likeness (QED) is 0.195. The Balaban J connectivity index is 1.33. The van der Waals surface area contributed by atoms with Crippen molar-refractivity contribution < 1.29 is 4.79 Å². The van der Waals surface area contributed by atoms with Crippen LogP contribution in [0.5, 0.6) is 0 Å². The van der Waals surface area contributed by atoms with Gasteiger partial charge in [0.15, 0.2) is 0 Å². The zero-order valence-electron chi connectivity index (χ0n) is 24.5. The molecule has 42 heavy (non-hydrogen) atoms. The monoisotopic (exact) mass is 554 g/mol. The Kier molecular flexibility index (Phi) is 9.42. The summed E-state index contributed by atoms with van der Waals surface area (Å²) in [4.78, 5) is 18.7. The van der Waals surface area contributed by atoms with E-state index < -0.39 is 5.92 Å². The number of carbonyl (C=O) groups excluding carboxylic acids is 1. The average molecular weight is 555 g/mol. The van der Waals surface area contributed by atoms with Gasteiger partial charge in [-0.1, -0.05) is 97.1 Å². The molecule has 5 nitrogen and oxygen atoms in total. The molecule has 5 rings (SSSR count). The van der Waals surface area contributed by atoms with Crippen LogP contribution in [0.1, 0.15) is 47.1 Å². The molecular weight excluding hydrogens is 516 g/mol. The van der Waals surface area contributed by atoms with Crippen molar-refractivity contribution in [1.82, 2.24) is 10.6 Å². The van der Waals surface area contributed by atoms with Gasteiger partial charge in [0.1, 0.15) is 0 Å². The molecule has 1 amide bonds. The maximum absolute atomic E-state index is 13.6. The minimum atomic E-state index is -0.396. The molecule has 0 spiro atoms. The smallest absolute Gasteiger partial charge is 0.236 e. The average Bonchev–Trinajstić information content (AvgIpc) is 3.01. The lowest BCUT2D eigenvalue weighted by molar-refractivity contribution is -0.116. The van der Waals surface area contributed by atoms with Crippen molar-refractivity contribution in [2.45, 2.75) is 32.7 Å². The number of likely N-dealkylation sites (N-methyl/N-ethyl adjacent to an activating group) is 1. The second-order valence-electron chi connectivity index (χ2n) is 10.7. The highest BCUT2D eigenvalue weighted by atomic mass is 16.1. The SMILES string of the molecule is CNC/C(C)=C1\CC(NCc2cccc(NC(=O)C(c3ccccc3)c3ccccc3)c2)=CC(c2ccccc2C)=N1. The van der Waals surface area contributed by atoms with E-state index in [0.717, 1.165) is 58.0 Å². The number of nitrogens with one attached hydrogen (secondary N) is 3. The highest BCUT2D eigenvalue weighted by Gasteiger charge is 2.23. The summed E-state index contributed by atoms with van der Waals surface area (Å²) < 4.78 is 0. The van der Waals surface area contributed by atoms with Crippen LogP contribution in [0.2, 0.25) is 0 Å². The van der Waals surface area contributed by atoms with Crippen LogP contribution in [0.15, 0.2) is 137 Å². The highest BCUT2D eigenvalue weighted by molar-refractivity contribution is 6.11. The second kappa shape index (κ2) is 13.7. The van der Waals surface area contributed by atoms with Crippen LogP contribution in [-0.4, -0.2) is 25.2 Å². The van der Waals surface area contributed by atoms with E-state index in [1.165, 1.54) is 11.1 Å². The molecule has 0 aliphatic carbocycles. The molecular formula is C37H38N4O. The fourth-order valence-electron chi connectivity index (χ4n) is 5.31. The number of aryl methyl sites for hydroxylation is 1. The molecule has 4 aromatic rings. The molecule has 5 heteroatoms. The number of hydrogen-bond acceptors (Lipinski definition) is 4. The first-order chi connectivity index (χ1) is 20.5. The van der Waals surface area contributed by atoms with Crippen molar-refractivity contribution in [2.75, 3.05) is 18.9 Å². The summed E-state index contributed by atoms with van der Waals surface area (Å²) in [6, 6.07) is 36.3. The van der Waals surface area contributed by atoms with E-state index in [2.05, 4.69) is 66.2 Å². The zero-order chi connectivity index (χ0) is 29.3. The summed E-state index contributed by atoms with van der Waals surface area (Å²) in [6.07, 6.45) is 2.91. The topological polar surface area (TPSA) is 65.5 Å². The Bertz CT molecular complexity index is 1580. The first-order valence-electron chi connectivity index (χ1n) is 14.4. The van der Waals surface area contributed by atoms with Crippen molar-refractivity contribution in [3.63, 3.8) is 0 Å². The molecule has 1 aliphatic rings. The number of dihydropyridines is 1. The first kappa shape index (κ1) is 28.8. The van der Waals surface area contributed by atoms with Crippen molar-refractivity contribution in [3.8, 4) is 0 Å². The molecule has 0 unspecified atom stereocenters. The van der Waals surface area contributed by atoms with Gasteiger partial charge in [0.2, 0.25) is 5.91 Å². The molecule has 1 heterocycles. The zero-order valence-corrected chi connectivity index (χ0v) is 24.5. The second-order valence-corrected chi connectivity index (χ2v) is 10.7. The maximum Gasteiger partial charge on any atom is 0.236 e. The molecule has 3 N–H and O–H groups in total. The molecule has 4 aromatic carbocycles.